The molecule has 2 atom stereocenters. The van der Waals surface area contributed by atoms with Crippen LogP contribution in [0.4, 0.5) is 15.2 Å². The van der Waals surface area contributed by atoms with Crippen LogP contribution in [0.1, 0.15) is 23.2 Å². The summed E-state index contributed by atoms with van der Waals surface area (Å²) in [5.74, 6) is -2.51. The Kier molecular flexibility index (Phi) is 5.19. The summed E-state index contributed by atoms with van der Waals surface area (Å²) >= 11 is 1.46. The number of ketones is 1. The number of fused-ring (bicyclic) bond motifs is 1. The van der Waals surface area contributed by atoms with Gasteiger partial charge in [0.15, 0.2) is 10.9 Å². The van der Waals surface area contributed by atoms with Crippen molar-refractivity contribution in [2.24, 2.45) is 11.8 Å². The highest BCUT2D eigenvalue weighted by molar-refractivity contribution is 7.22. The largest absolute Gasteiger partial charge is 0.481 e. The summed E-state index contributed by atoms with van der Waals surface area (Å²) in [7, 11) is 0. The fraction of sp³-hybridized carbons (Fsp3) is 0.160. The van der Waals surface area contributed by atoms with Crippen LogP contribution in [0, 0.1) is 17.7 Å². The van der Waals surface area contributed by atoms with Crippen molar-refractivity contribution in [1.82, 2.24) is 4.98 Å². The zero-order chi connectivity index (χ0) is 22.2. The Morgan fingerprint density at radius 2 is 1.69 bits per heavy atom. The van der Waals surface area contributed by atoms with Gasteiger partial charge in [-0.05, 0) is 48.2 Å². The van der Waals surface area contributed by atoms with E-state index in [0.717, 1.165) is 15.8 Å². The molecule has 2 unspecified atom stereocenters. The molecule has 7 heteroatoms. The second-order valence-electron chi connectivity index (χ2n) is 7.88. The number of halogens is 1. The molecule has 4 aromatic rings. The van der Waals surface area contributed by atoms with Crippen molar-refractivity contribution < 1.29 is 19.1 Å². The number of Topliss-reactive ketones (excluding diaryl/α,β-unsaturated/α-hetero) is 1. The molecular weight excluding hydrogens is 427 g/mol. The van der Waals surface area contributed by atoms with Crippen LogP contribution in [0.5, 0.6) is 0 Å². The van der Waals surface area contributed by atoms with Gasteiger partial charge in [-0.2, -0.15) is 0 Å². The number of thiazole rings is 1. The molecule has 1 heterocycles. The van der Waals surface area contributed by atoms with Gasteiger partial charge in [-0.15, -0.1) is 0 Å². The number of carboxylic acid groups (broad SMARTS) is 1. The van der Waals surface area contributed by atoms with E-state index in [1.165, 1.54) is 17.4 Å². The number of carbonyl (C=O) groups excluding carboxylic acids is 1. The molecule has 1 aliphatic rings. The van der Waals surface area contributed by atoms with Crippen LogP contribution < -0.4 is 5.32 Å². The third kappa shape index (κ3) is 3.76. The van der Waals surface area contributed by atoms with Crippen molar-refractivity contribution in [3.05, 3.63) is 78.1 Å². The monoisotopic (exact) mass is 446 g/mol. The lowest BCUT2D eigenvalue weighted by molar-refractivity contribution is -0.146. The van der Waals surface area contributed by atoms with Gasteiger partial charge in [0.05, 0.1) is 21.8 Å². The van der Waals surface area contributed by atoms with E-state index in [-0.39, 0.29) is 5.78 Å². The number of benzene rings is 3. The SMILES string of the molecule is O=C(O)C1CCC1C(=O)c1ccc(-c2ccc(Nc3nc4ccccc4s3)c(F)c2)cc1. The number of carbonyl (C=O) groups is 2. The molecule has 5 rings (SSSR count). The van der Waals surface area contributed by atoms with E-state index >= 15 is 0 Å². The lowest BCUT2D eigenvalue weighted by Crippen LogP contribution is -2.38. The van der Waals surface area contributed by atoms with E-state index in [2.05, 4.69) is 10.3 Å². The molecule has 0 radical (unpaired) electrons. The zero-order valence-corrected chi connectivity index (χ0v) is 17.7. The summed E-state index contributed by atoms with van der Waals surface area (Å²) in [6, 6.07) is 19.5. The highest BCUT2D eigenvalue weighted by Gasteiger charge is 2.41. The number of hydrogen-bond acceptors (Lipinski definition) is 5. The Morgan fingerprint density at radius 1 is 0.969 bits per heavy atom. The van der Waals surface area contributed by atoms with E-state index in [4.69, 9.17) is 0 Å². The molecule has 32 heavy (non-hydrogen) atoms. The van der Waals surface area contributed by atoms with E-state index < -0.39 is 23.6 Å². The normalized spacial score (nSPS) is 17.7. The Morgan fingerprint density at radius 3 is 2.34 bits per heavy atom. The van der Waals surface area contributed by atoms with Crippen LogP contribution in [-0.2, 0) is 4.79 Å². The van der Waals surface area contributed by atoms with Crippen LogP contribution >= 0.6 is 11.3 Å². The van der Waals surface area contributed by atoms with Crippen molar-refractivity contribution in [3.8, 4) is 11.1 Å². The minimum Gasteiger partial charge on any atom is -0.481 e. The number of hydrogen-bond donors (Lipinski definition) is 2. The van der Waals surface area contributed by atoms with Crippen LogP contribution in [-0.4, -0.2) is 21.8 Å². The highest BCUT2D eigenvalue weighted by Crippen LogP contribution is 2.37. The fourth-order valence-corrected chi connectivity index (χ4v) is 4.87. The molecule has 3 aromatic carbocycles. The number of aromatic nitrogens is 1. The maximum atomic E-state index is 14.8. The summed E-state index contributed by atoms with van der Waals surface area (Å²) < 4.78 is 15.8. The van der Waals surface area contributed by atoms with Gasteiger partial charge in [-0.25, -0.2) is 9.37 Å². The molecule has 1 aliphatic carbocycles. The molecule has 0 saturated heterocycles. The first kappa shape index (κ1) is 20.3. The molecule has 1 aromatic heterocycles. The predicted octanol–water partition coefficient (Wildman–Crippen LogP) is 6.14. The first-order valence-electron chi connectivity index (χ1n) is 10.3. The number of nitrogens with zero attached hydrogens (tertiary/aromatic N) is 1. The zero-order valence-electron chi connectivity index (χ0n) is 16.9. The van der Waals surface area contributed by atoms with Gasteiger partial charge >= 0.3 is 5.97 Å². The van der Waals surface area contributed by atoms with Crippen LogP contribution in [0.3, 0.4) is 0 Å². The van der Waals surface area contributed by atoms with Gasteiger partial charge in [0.1, 0.15) is 5.82 Å². The van der Waals surface area contributed by atoms with Crippen molar-refractivity contribution in [2.45, 2.75) is 12.8 Å². The van der Waals surface area contributed by atoms with Crippen molar-refractivity contribution >= 4 is 44.1 Å². The number of aliphatic carboxylic acids is 1. The number of para-hydroxylation sites is 1. The van der Waals surface area contributed by atoms with Crippen LogP contribution in [0.2, 0.25) is 0 Å². The third-order valence-electron chi connectivity index (χ3n) is 5.94. The van der Waals surface area contributed by atoms with E-state index in [0.29, 0.717) is 34.8 Å². The minimum absolute atomic E-state index is 0.142. The number of nitrogens with one attached hydrogen (secondary N) is 1. The van der Waals surface area contributed by atoms with Gasteiger partial charge in [-0.1, -0.05) is 53.8 Å². The smallest absolute Gasteiger partial charge is 0.307 e. The maximum absolute atomic E-state index is 14.8. The van der Waals surface area contributed by atoms with E-state index in [1.807, 2.05) is 30.3 Å². The molecule has 1 saturated carbocycles. The van der Waals surface area contributed by atoms with Crippen molar-refractivity contribution in [1.29, 1.82) is 0 Å². The average Bonchev–Trinajstić information content (AvgIpc) is 3.16. The van der Waals surface area contributed by atoms with E-state index in [1.54, 1.807) is 30.3 Å². The number of carboxylic acids is 1. The molecular formula is C25H19FN2O3S. The molecule has 0 aliphatic heterocycles. The molecule has 0 spiro atoms. The first-order valence-corrected chi connectivity index (χ1v) is 11.1. The van der Waals surface area contributed by atoms with E-state index in [9.17, 15) is 19.1 Å². The Balaban J connectivity index is 1.32. The topological polar surface area (TPSA) is 79.3 Å². The Hall–Kier alpha value is -3.58. The second-order valence-corrected chi connectivity index (χ2v) is 8.91. The molecule has 1 fully saturated rings. The van der Waals surface area contributed by atoms with Gasteiger partial charge in [-0.3, -0.25) is 9.59 Å². The third-order valence-corrected chi connectivity index (χ3v) is 6.89. The lowest BCUT2D eigenvalue weighted by atomic mass is 9.70. The number of rotatable bonds is 6. The summed E-state index contributed by atoms with van der Waals surface area (Å²) in [4.78, 5) is 28.3. The van der Waals surface area contributed by atoms with Crippen molar-refractivity contribution in [3.63, 3.8) is 0 Å². The van der Waals surface area contributed by atoms with Crippen molar-refractivity contribution in [2.75, 3.05) is 5.32 Å². The summed E-state index contributed by atoms with van der Waals surface area (Å²) in [5.41, 5.74) is 3.14. The second kappa shape index (κ2) is 8.16. The summed E-state index contributed by atoms with van der Waals surface area (Å²) in [6.45, 7) is 0. The molecule has 0 amide bonds. The molecule has 5 nitrogen and oxygen atoms in total. The number of anilines is 2. The molecule has 2 N–H and O–H groups in total. The van der Waals surface area contributed by atoms with Gasteiger partial charge in [0.2, 0.25) is 0 Å². The summed E-state index contributed by atoms with van der Waals surface area (Å²) in [5, 5.41) is 12.8. The average molecular weight is 447 g/mol. The Bertz CT molecular complexity index is 1300. The highest BCUT2D eigenvalue weighted by atomic mass is 32.1. The first-order chi connectivity index (χ1) is 15.5. The fourth-order valence-electron chi connectivity index (χ4n) is 3.99. The molecule has 160 valence electrons. The van der Waals surface area contributed by atoms with Gasteiger partial charge in [0, 0.05) is 11.5 Å². The lowest BCUT2D eigenvalue weighted by Gasteiger charge is -2.32. The quantitative estimate of drug-likeness (QED) is 0.348. The predicted molar refractivity (Wildman–Crippen MR) is 123 cm³/mol. The summed E-state index contributed by atoms with van der Waals surface area (Å²) in [6.07, 6.45) is 1.15. The standard InChI is InChI=1S/C25H19FN2O3S/c26-19-13-16(9-12-20(19)27-25-28-21-3-1-2-4-22(21)32-25)14-5-7-15(8-6-14)23(29)17-10-11-18(17)24(30)31/h1-9,12-13,17-18H,10-11H2,(H,27,28)(H,30,31). The van der Waals surface area contributed by atoms with Crippen LogP contribution in [0.15, 0.2) is 66.7 Å². The van der Waals surface area contributed by atoms with Crippen LogP contribution in [0.25, 0.3) is 21.3 Å². The molecule has 0 bridgehead atoms. The van der Waals surface area contributed by atoms with Gasteiger partial charge in [0.25, 0.3) is 0 Å². The maximum Gasteiger partial charge on any atom is 0.307 e. The minimum atomic E-state index is -0.916. The Labute approximate surface area is 187 Å². The van der Waals surface area contributed by atoms with Gasteiger partial charge < -0.3 is 10.4 Å².